The molecule has 1 saturated heterocycles. The number of amides is 1. The van der Waals surface area contributed by atoms with Crippen LogP contribution < -0.4 is 10.0 Å². The second-order valence-electron chi connectivity index (χ2n) is 11.2. The topological polar surface area (TPSA) is 142 Å². The van der Waals surface area contributed by atoms with Gasteiger partial charge in [0, 0.05) is 24.2 Å². The van der Waals surface area contributed by atoms with Crippen LogP contribution >= 0.6 is 0 Å². The normalized spacial score (nSPS) is 28.8. The average Bonchev–Trinajstić information content (AvgIpc) is 2.88. The van der Waals surface area contributed by atoms with E-state index < -0.39 is 37.8 Å². The Morgan fingerprint density at radius 1 is 1.07 bits per heavy atom. The monoisotopic (exact) mass is 588 g/mol. The number of Topliss-reactive ketones (excluding diaryl/α,β-unsaturated/α-hetero) is 1. The summed E-state index contributed by atoms with van der Waals surface area (Å²) in [5.41, 5.74) is 1.31. The number of carbonyl (C=O) groups is 2. The number of benzene rings is 2. The van der Waals surface area contributed by atoms with Crippen molar-refractivity contribution >= 4 is 48.9 Å². The van der Waals surface area contributed by atoms with E-state index >= 15 is 0 Å². The van der Waals surface area contributed by atoms with Crippen molar-refractivity contribution in [3.05, 3.63) is 53.3 Å². The van der Waals surface area contributed by atoms with E-state index in [2.05, 4.69) is 14.4 Å². The summed E-state index contributed by atoms with van der Waals surface area (Å²) in [5.74, 6) is -3.07. The molecule has 3 unspecified atom stereocenters. The van der Waals surface area contributed by atoms with Crippen LogP contribution in [-0.4, -0.2) is 51.6 Å². The van der Waals surface area contributed by atoms with Crippen LogP contribution in [0.2, 0.25) is 0 Å². The molecule has 10 nitrogen and oxygen atoms in total. The van der Waals surface area contributed by atoms with Gasteiger partial charge in [0.2, 0.25) is 15.9 Å². The maximum Gasteiger partial charge on any atom is 0.286 e. The van der Waals surface area contributed by atoms with Crippen molar-refractivity contribution < 1.29 is 30.8 Å². The molecule has 0 spiro atoms. The zero-order chi connectivity index (χ0) is 28.6. The molecular formula is C27H29FN4O6S2. The molecule has 2 bridgehead atoms. The van der Waals surface area contributed by atoms with Crippen molar-refractivity contribution in [1.82, 2.24) is 4.90 Å². The van der Waals surface area contributed by atoms with Crippen LogP contribution in [0.5, 0.6) is 0 Å². The highest BCUT2D eigenvalue weighted by atomic mass is 32.2. The van der Waals surface area contributed by atoms with E-state index in [0.29, 0.717) is 5.56 Å². The zero-order valence-electron chi connectivity index (χ0n) is 21.9. The summed E-state index contributed by atoms with van der Waals surface area (Å²) >= 11 is 0. The van der Waals surface area contributed by atoms with Crippen LogP contribution in [0, 0.1) is 36.4 Å². The summed E-state index contributed by atoms with van der Waals surface area (Å²) in [4.78, 5) is 29.5. The number of hydrogen-bond donors (Lipinski definition) is 2. The van der Waals surface area contributed by atoms with Gasteiger partial charge in [-0.2, -0.15) is 8.42 Å². The number of sulfonamides is 2. The molecule has 2 aromatic carbocycles. The molecule has 5 aliphatic rings. The summed E-state index contributed by atoms with van der Waals surface area (Å²) in [6.45, 7) is 1.82. The smallest absolute Gasteiger partial charge is 0.286 e. The van der Waals surface area contributed by atoms with Gasteiger partial charge in [-0.25, -0.2) is 12.8 Å². The number of anilines is 2. The third-order valence-electron chi connectivity index (χ3n) is 8.57. The van der Waals surface area contributed by atoms with E-state index in [1.807, 2.05) is 0 Å². The average molecular weight is 589 g/mol. The van der Waals surface area contributed by atoms with Crippen molar-refractivity contribution in [2.24, 2.45) is 28.1 Å². The number of amidine groups is 1. The molecular weight excluding hydrogens is 559 g/mol. The third-order valence-corrected chi connectivity index (χ3v) is 10.5. The number of nitrogens with one attached hydrogen (secondary N) is 2. The number of likely N-dealkylation sites (tertiary alicyclic amines) is 1. The number of rotatable bonds is 5. The molecule has 3 saturated carbocycles. The Bertz CT molecular complexity index is 1680. The minimum atomic E-state index is -4.37. The fourth-order valence-corrected chi connectivity index (χ4v) is 8.65. The van der Waals surface area contributed by atoms with Gasteiger partial charge >= 0.3 is 0 Å². The number of carbonyl (C=O) groups excluding carboxylic acids is 2. The highest BCUT2D eigenvalue weighted by Gasteiger charge is 2.58. The zero-order valence-corrected chi connectivity index (χ0v) is 23.6. The summed E-state index contributed by atoms with van der Waals surface area (Å²) in [7, 11) is -8.02. The molecule has 7 rings (SSSR count). The largest absolute Gasteiger partial charge is 0.341 e. The van der Waals surface area contributed by atoms with Crippen LogP contribution in [-0.2, 0) is 36.2 Å². The predicted octanol–water partition coefficient (Wildman–Crippen LogP) is 3.05. The Morgan fingerprint density at radius 3 is 2.45 bits per heavy atom. The maximum atomic E-state index is 14.1. The molecule has 0 aromatic heterocycles. The van der Waals surface area contributed by atoms with Gasteiger partial charge in [-0.3, -0.25) is 14.3 Å². The molecule has 0 radical (unpaired) electrons. The first kappa shape index (κ1) is 26.9. The van der Waals surface area contributed by atoms with E-state index in [1.54, 1.807) is 24.0 Å². The first-order chi connectivity index (χ1) is 18.8. The molecule has 2 N–H and O–H groups in total. The molecule has 1 amide bonds. The Morgan fingerprint density at radius 2 is 1.77 bits per heavy atom. The number of piperidine rings is 1. The van der Waals surface area contributed by atoms with E-state index in [4.69, 9.17) is 0 Å². The van der Waals surface area contributed by atoms with Gasteiger partial charge in [0.05, 0.1) is 11.9 Å². The number of hydrogen-bond acceptors (Lipinski definition) is 7. The molecule has 4 fully saturated rings. The van der Waals surface area contributed by atoms with Gasteiger partial charge in [-0.15, -0.1) is 4.40 Å². The van der Waals surface area contributed by atoms with Crippen LogP contribution in [0.1, 0.15) is 36.8 Å². The van der Waals surface area contributed by atoms with Gasteiger partial charge in [0.1, 0.15) is 16.5 Å². The number of nitrogens with zero attached hydrogens (tertiary/aromatic N) is 2. The van der Waals surface area contributed by atoms with Crippen LogP contribution in [0.3, 0.4) is 0 Å². The van der Waals surface area contributed by atoms with Crippen molar-refractivity contribution in [3.8, 4) is 0 Å². The maximum absolute atomic E-state index is 14.1. The number of aryl methyl sites for hydroxylation is 1. The molecule has 3 aliphatic carbocycles. The molecule has 40 heavy (non-hydrogen) atoms. The second-order valence-corrected chi connectivity index (χ2v) is 14.6. The van der Waals surface area contributed by atoms with Gasteiger partial charge in [0.15, 0.2) is 11.7 Å². The van der Waals surface area contributed by atoms with Crippen molar-refractivity contribution in [3.63, 3.8) is 0 Å². The first-order valence-electron chi connectivity index (χ1n) is 13.2. The van der Waals surface area contributed by atoms with Gasteiger partial charge in [0.25, 0.3) is 10.0 Å². The van der Waals surface area contributed by atoms with E-state index in [9.17, 15) is 30.8 Å². The molecule has 2 aliphatic heterocycles. The SMILES string of the molecule is Cc1cc(CN2C(=O)C(C3=NS(=O)(=O)c4cc(NS(C)(=O)=O)ccc4N3)C(=O)C3C4CCC(CC4)C32)ccc1F. The van der Waals surface area contributed by atoms with E-state index in [0.717, 1.165) is 43.6 Å². The number of halogens is 1. The Balaban J connectivity index is 1.39. The number of fused-ring (bicyclic) bond motifs is 3. The van der Waals surface area contributed by atoms with Crippen LogP contribution in [0.4, 0.5) is 15.8 Å². The molecule has 2 heterocycles. The molecule has 212 valence electrons. The highest BCUT2D eigenvalue weighted by Crippen LogP contribution is 2.51. The molecule has 2 aromatic rings. The Hall–Kier alpha value is -3.32. The van der Waals surface area contributed by atoms with Gasteiger partial charge < -0.3 is 10.2 Å². The van der Waals surface area contributed by atoms with Crippen molar-refractivity contribution in [2.75, 3.05) is 16.3 Å². The second kappa shape index (κ2) is 9.37. The minimum Gasteiger partial charge on any atom is -0.341 e. The molecule has 13 heteroatoms. The lowest BCUT2D eigenvalue weighted by molar-refractivity contribution is -0.162. The molecule has 3 atom stereocenters. The lowest BCUT2D eigenvalue weighted by Gasteiger charge is -2.55. The lowest BCUT2D eigenvalue weighted by atomic mass is 9.57. The highest BCUT2D eigenvalue weighted by molar-refractivity contribution is 7.92. The lowest BCUT2D eigenvalue weighted by Crippen LogP contribution is -2.66. The van der Waals surface area contributed by atoms with Crippen molar-refractivity contribution in [1.29, 1.82) is 0 Å². The standard InChI is InChI=1S/C27H29FN4O6S2/c1-14-11-15(3-9-19(14)28)13-32-24-17-6-4-16(5-7-17)22(24)25(33)23(27(32)34)26-29-20-10-8-18(30-39(2,35)36)12-21(20)40(37,38)31-26/h3,8-12,16-17,22-24,30H,4-7,13H2,1-2H3,(H,29,31). The Labute approximate surface area is 232 Å². The predicted molar refractivity (Wildman–Crippen MR) is 146 cm³/mol. The number of ketones is 1. The minimum absolute atomic E-state index is 0.0388. The van der Waals surface area contributed by atoms with Gasteiger partial charge in [-0.1, -0.05) is 12.1 Å². The summed E-state index contributed by atoms with van der Waals surface area (Å²) in [6.07, 6.45) is 4.53. The van der Waals surface area contributed by atoms with Gasteiger partial charge in [-0.05, 0) is 79.8 Å². The van der Waals surface area contributed by atoms with Crippen LogP contribution in [0.15, 0.2) is 45.7 Å². The fourth-order valence-electron chi connectivity index (χ4n) is 6.91. The third kappa shape index (κ3) is 4.58. The van der Waals surface area contributed by atoms with E-state index in [-0.39, 0.29) is 58.1 Å². The van der Waals surface area contributed by atoms with Crippen molar-refractivity contribution in [2.45, 2.75) is 50.1 Å². The summed E-state index contributed by atoms with van der Waals surface area (Å²) in [5, 5.41) is 2.89. The van der Waals surface area contributed by atoms with Crippen LogP contribution in [0.25, 0.3) is 0 Å². The summed E-state index contributed by atoms with van der Waals surface area (Å²) < 4.78 is 69.8. The summed E-state index contributed by atoms with van der Waals surface area (Å²) in [6, 6.07) is 8.26. The Kier molecular flexibility index (Phi) is 6.30. The quantitative estimate of drug-likeness (QED) is 0.512. The fraction of sp³-hybridized carbons (Fsp3) is 0.444. The first-order valence-corrected chi connectivity index (χ1v) is 16.5. The van der Waals surface area contributed by atoms with E-state index in [1.165, 1.54) is 18.2 Å².